The van der Waals surface area contributed by atoms with E-state index in [1.165, 1.54) is 24.3 Å². The van der Waals surface area contributed by atoms with Gasteiger partial charge in [-0.05, 0) is 41.2 Å². The molecule has 0 fully saturated rings. The highest BCUT2D eigenvalue weighted by Gasteiger charge is 2.27. The third-order valence-electron chi connectivity index (χ3n) is 4.26. The van der Waals surface area contributed by atoms with Gasteiger partial charge < -0.3 is 14.9 Å². The molecule has 0 bridgehead atoms. The number of ether oxygens (including phenoxy) is 1. The molecule has 0 spiro atoms. The van der Waals surface area contributed by atoms with Crippen LogP contribution in [0.5, 0.6) is 11.5 Å². The third kappa shape index (κ3) is 4.67. The van der Waals surface area contributed by atoms with E-state index in [0.717, 1.165) is 0 Å². The number of phenols is 1. The van der Waals surface area contributed by atoms with Crippen LogP contribution in [-0.4, -0.2) is 22.2 Å². The van der Waals surface area contributed by atoms with E-state index in [2.05, 4.69) is 0 Å². The fourth-order valence-electron chi connectivity index (χ4n) is 2.76. The van der Waals surface area contributed by atoms with Gasteiger partial charge >= 0.3 is 11.9 Å². The van der Waals surface area contributed by atoms with Crippen molar-refractivity contribution < 1.29 is 24.5 Å². The maximum absolute atomic E-state index is 12.5. The van der Waals surface area contributed by atoms with E-state index >= 15 is 0 Å². The van der Waals surface area contributed by atoms with Crippen LogP contribution in [0.4, 0.5) is 0 Å². The number of hydrogen-bond donors (Lipinski definition) is 2. The molecule has 144 valence electrons. The monoisotopic (exact) mass is 370 g/mol. The van der Waals surface area contributed by atoms with Crippen molar-refractivity contribution in [3.63, 3.8) is 0 Å². The Kier molecular flexibility index (Phi) is 5.36. The fraction of sp³-hybridized carbons (Fsp3) is 0.364. The molecular formula is C22H26O5. The number of phenolic OH excluding ortho intramolecular Hbond substituents is 1. The number of carboxylic acids is 1. The second-order valence-electron chi connectivity index (χ2n) is 8.64. The molecule has 2 rings (SSSR count). The van der Waals surface area contributed by atoms with Gasteiger partial charge in [0.15, 0.2) is 0 Å². The molecule has 2 aromatic carbocycles. The molecule has 0 aromatic heterocycles. The van der Waals surface area contributed by atoms with Gasteiger partial charge in [0.25, 0.3) is 0 Å². The Bertz CT molecular complexity index is 847. The minimum Gasteiger partial charge on any atom is -0.507 e. The Balaban J connectivity index is 2.48. The van der Waals surface area contributed by atoms with E-state index in [-0.39, 0.29) is 27.7 Å². The van der Waals surface area contributed by atoms with Crippen LogP contribution in [0.2, 0.25) is 0 Å². The number of carbonyl (C=O) groups is 2. The molecule has 0 saturated heterocycles. The molecule has 2 N–H and O–H groups in total. The largest absolute Gasteiger partial charge is 0.507 e. The molecule has 0 heterocycles. The number of carbonyl (C=O) groups excluding carboxylic acids is 1. The molecule has 0 atom stereocenters. The van der Waals surface area contributed by atoms with Gasteiger partial charge in [-0.15, -0.1) is 0 Å². The zero-order chi connectivity index (χ0) is 20.6. The third-order valence-corrected chi connectivity index (χ3v) is 4.26. The minimum absolute atomic E-state index is 0.0147. The highest BCUT2D eigenvalue weighted by Crippen LogP contribution is 2.41. The number of aromatic hydroxyl groups is 1. The van der Waals surface area contributed by atoms with Crippen molar-refractivity contribution >= 4 is 11.9 Å². The second kappa shape index (κ2) is 7.06. The van der Waals surface area contributed by atoms with Gasteiger partial charge in [-0.25, -0.2) is 9.59 Å². The Labute approximate surface area is 159 Å². The molecule has 0 saturated carbocycles. The van der Waals surface area contributed by atoms with E-state index in [9.17, 15) is 14.7 Å². The van der Waals surface area contributed by atoms with Gasteiger partial charge in [0.1, 0.15) is 11.5 Å². The Morgan fingerprint density at radius 3 is 1.78 bits per heavy atom. The predicted molar refractivity (Wildman–Crippen MR) is 104 cm³/mol. The number of carboxylic acid groups (broad SMARTS) is 1. The van der Waals surface area contributed by atoms with Crippen LogP contribution in [0.25, 0.3) is 0 Å². The Morgan fingerprint density at radius 1 is 0.852 bits per heavy atom. The van der Waals surface area contributed by atoms with Crippen molar-refractivity contribution in [2.45, 2.75) is 52.4 Å². The summed E-state index contributed by atoms with van der Waals surface area (Å²) in [7, 11) is 0. The fourth-order valence-corrected chi connectivity index (χ4v) is 2.76. The van der Waals surface area contributed by atoms with Crippen LogP contribution in [0.15, 0.2) is 36.4 Å². The highest BCUT2D eigenvalue weighted by molar-refractivity contribution is 5.95. The lowest BCUT2D eigenvalue weighted by Gasteiger charge is -2.27. The van der Waals surface area contributed by atoms with E-state index in [1.54, 1.807) is 12.1 Å². The van der Waals surface area contributed by atoms with E-state index < -0.39 is 11.9 Å². The van der Waals surface area contributed by atoms with Crippen molar-refractivity contribution in [3.05, 3.63) is 58.7 Å². The molecule has 0 unspecified atom stereocenters. The van der Waals surface area contributed by atoms with Gasteiger partial charge in [0.05, 0.1) is 11.1 Å². The van der Waals surface area contributed by atoms with Crippen molar-refractivity contribution in [2.75, 3.05) is 0 Å². The molecule has 0 amide bonds. The summed E-state index contributed by atoms with van der Waals surface area (Å²) >= 11 is 0. The molecule has 5 nitrogen and oxygen atoms in total. The van der Waals surface area contributed by atoms with Gasteiger partial charge in [-0.3, -0.25) is 0 Å². The maximum Gasteiger partial charge on any atom is 0.343 e. The first-order valence-corrected chi connectivity index (χ1v) is 8.74. The number of benzene rings is 2. The number of hydrogen-bond acceptors (Lipinski definition) is 4. The van der Waals surface area contributed by atoms with Crippen molar-refractivity contribution in [1.82, 2.24) is 0 Å². The minimum atomic E-state index is -1.11. The van der Waals surface area contributed by atoms with Crippen LogP contribution >= 0.6 is 0 Å². The van der Waals surface area contributed by atoms with Gasteiger partial charge in [-0.2, -0.15) is 0 Å². The second-order valence-corrected chi connectivity index (χ2v) is 8.64. The molecule has 2 aromatic rings. The average Bonchev–Trinajstić information content (AvgIpc) is 2.54. The summed E-state index contributed by atoms with van der Waals surface area (Å²) < 4.78 is 5.52. The van der Waals surface area contributed by atoms with Crippen LogP contribution in [0, 0.1) is 0 Å². The van der Waals surface area contributed by atoms with Crippen molar-refractivity contribution in [2.24, 2.45) is 0 Å². The van der Waals surface area contributed by atoms with E-state index in [4.69, 9.17) is 9.84 Å². The lowest BCUT2D eigenvalue weighted by atomic mass is 9.79. The van der Waals surface area contributed by atoms with Crippen molar-refractivity contribution in [1.29, 1.82) is 0 Å². The summed E-state index contributed by atoms with van der Waals surface area (Å²) in [5.74, 6) is -1.25. The number of aromatic carboxylic acids is 1. The summed E-state index contributed by atoms with van der Waals surface area (Å²) in [5, 5.41) is 19.8. The molecule has 0 aliphatic rings. The van der Waals surface area contributed by atoms with E-state index in [0.29, 0.717) is 16.9 Å². The van der Waals surface area contributed by atoms with Crippen LogP contribution in [0.3, 0.4) is 0 Å². The predicted octanol–water partition coefficient (Wildman–Crippen LogP) is 4.90. The number of rotatable bonds is 3. The molecule has 0 radical (unpaired) electrons. The quantitative estimate of drug-likeness (QED) is 0.593. The summed E-state index contributed by atoms with van der Waals surface area (Å²) in [6.07, 6.45) is 0. The zero-order valence-electron chi connectivity index (χ0n) is 16.6. The summed E-state index contributed by atoms with van der Waals surface area (Å²) in [4.78, 5) is 23.6. The first kappa shape index (κ1) is 20.5. The maximum atomic E-state index is 12.5. The first-order valence-electron chi connectivity index (χ1n) is 8.74. The lowest BCUT2D eigenvalue weighted by Crippen LogP contribution is -2.18. The molecule has 0 aliphatic heterocycles. The van der Waals surface area contributed by atoms with E-state index in [1.807, 2.05) is 41.5 Å². The van der Waals surface area contributed by atoms with Crippen LogP contribution in [-0.2, 0) is 10.8 Å². The normalized spacial score (nSPS) is 11.9. The van der Waals surface area contributed by atoms with Crippen molar-refractivity contribution in [3.8, 4) is 11.5 Å². The van der Waals surface area contributed by atoms with Gasteiger partial charge in [0.2, 0.25) is 0 Å². The zero-order valence-corrected chi connectivity index (χ0v) is 16.6. The SMILES string of the molecule is CC(C)(C)c1cc(OC(=O)c2cccc(C(=O)O)c2)cc(C(C)(C)C)c1O. The van der Waals surface area contributed by atoms with Gasteiger partial charge in [0, 0.05) is 11.1 Å². The molecule has 0 aliphatic carbocycles. The summed E-state index contributed by atoms with van der Waals surface area (Å²) in [5.41, 5.74) is 0.818. The Hall–Kier alpha value is -2.82. The standard InChI is InChI=1S/C22H26O5/c1-21(2,3)16-11-15(12-17(18(16)23)22(4,5)6)27-20(26)14-9-7-8-13(10-14)19(24)25/h7-12,23H,1-6H3,(H,24,25). The van der Waals surface area contributed by atoms with Gasteiger partial charge in [-0.1, -0.05) is 47.6 Å². The molecular weight excluding hydrogens is 344 g/mol. The average molecular weight is 370 g/mol. The summed E-state index contributed by atoms with van der Waals surface area (Å²) in [6, 6.07) is 9.01. The lowest BCUT2D eigenvalue weighted by molar-refractivity contribution is 0.0697. The smallest absolute Gasteiger partial charge is 0.343 e. The van der Waals surface area contributed by atoms with Crippen LogP contribution in [0.1, 0.15) is 73.4 Å². The van der Waals surface area contributed by atoms with Crippen LogP contribution < -0.4 is 4.74 Å². The molecule has 27 heavy (non-hydrogen) atoms. The summed E-state index contributed by atoms with van der Waals surface area (Å²) in [6.45, 7) is 11.8. The topological polar surface area (TPSA) is 83.8 Å². The molecule has 5 heteroatoms. The Morgan fingerprint density at radius 2 is 1.33 bits per heavy atom. The number of esters is 1. The highest BCUT2D eigenvalue weighted by atomic mass is 16.5. The first-order chi connectivity index (χ1) is 12.3.